The number of imidazole rings is 1. The number of fused-ring (bicyclic) bond motifs is 4. The smallest absolute Gasteiger partial charge is 0.408 e. The number of carboxylic acid groups (broad SMARTS) is 1. The number of imide groups is 1. The summed E-state index contributed by atoms with van der Waals surface area (Å²) in [5, 5.41) is 50.7. The molecule has 16 rings (SSSR count). The Balaban J connectivity index is 0.000000174. The molecule has 0 spiro atoms. The number of aromatic carboxylic acids is 1. The van der Waals surface area contributed by atoms with E-state index in [0.717, 1.165) is 48.5 Å². The number of nitrogens with zero attached hydrogens (tertiary/aromatic N) is 13. The number of carbonyl (C=O) groups is 6. The van der Waals surface area contributed by atoms with E-state index in [0.29, 0.717) is 44.6 Å². The van der Waals surface area contributed by atoms with Crippen LogP contribution in [0.3, 0.4) is 0 Å². The number of nitrogens with two attached hydrogens (primary N) is 1. The van der Waals surface area contributed by atoms with Crippen molar-refractivity contribution in [2.24, 2.45) is 5.73 Å². The van der Waals surface area contributed by atoms with Gasteiger partial charge in [-0.2, -0.15) is 0 Å². The average molecular weight is 2010 g/mol. The van der Waals surface area contributed by atoms with Crippen LogP contribution in [-0.4, -0.2) is 122 Å². The number of aromatic nitrogens is 10. The molecular weight excluding hydrogens is 1910 g/mol. The number of nitro groups is 3. The number of para-hydroxylation sites is 5. The predicted molar refractivity (Wildman–Crippen MR) is 532 cm³/mol. The Morgan fingerprint density at radius 1 is 0.459 bits per heavy atom. The summed E-state index contributed by atoms with van der Waals surface area (Å²) in [5.74, 6) is -9.84. The van der Waals surface area contributed by atoms with Gasteiger partial charge in [-0.25, -0.2) is 75.5 Å². The van der Waals surface area contributed by atoms with Gasteiger partial charge in [-0.1, -0.05) is 155 Å². The summed E-state index contributed by atoms with van der Waals surface area (Å²) in [6, 6.07) is 55.9. The van der Waals surface area contributed by atoms with Crippen LogP contribution >= 0.6 is 0 Å². The number of alkyl carbamates (subject to hydrolysis) is 2. The van der Waals surface area contributed by atoms with Gasteiger partial charge in [0.05, 0.1) is 83.9 Å². The molecule has 752 valence electrons. The Kier molecular flexibility index (Phi) is 34.0. The number of anilines is 3. The molecule has 0 aliphatic carbocycles. The maximum absolute atomic E-state index is 14.6. The molecule has 0 saturated carbocycles. The lowest BCUT2D eigenvalue weighted by Crippen LogP contribution is -2.51. The van der Waals surface area contributed by atoms with Gasteiger partial charge in [-0.15, -0.1) is 0 Å². The Morgan fingerprint density at radius 2 is 0.829 bits per heavy atom. The van der Waals surface area contributed by atoms with E-state index in [-0.39, 0.29) is 81.6 Å². The third kappa shape index (κ3) is 26.4. The highest BCUT2D eigenvalue weighted by Gasteiger charge is 2.38. The van der Waals surface area contributed by atoms with Crippen molar-refractivity contribution in [2.45, 2.75) is 130 Å². The zero-order chi connectivity index (χ0) is 110. The minimum absolute atomic E-state index is 0.0369. The van der Waals surface area contributed by atoms with E-state index >= 15 is 0 Å². The predicted octanol–water partition coefficient (Wildman–Crippen LogP) is 19.8. The van der Waals surface area contributed by atoms with Gasteiger partial charge < -0.3 is 46.6 Å². The summed E-state index contributed by atoms with van der Waals surface area (Å²) in [6.07, 6.45) is 1.22. The fourth-order valence-corrected chi connectivity index (χ4v) is 14.1. The van der Waals surface area contributed by atoms with Gasteiger partial charge >= 0.3 is 18.2 Å². The van der Waals surface area contributed by atoms with Gasteiger partial charge in [0, 0.05) is 23.9 Å². The quantitative estimate of drug-likeness (QED) is 0.0178. The number of benzene rings is 11. The minimum Gasteiger partial charge on any atom is -0.477 e. The Labute approximate surface area is 831 Å². The second kappa shape index (κ2) is 48.6. The number of carboxylic acids is 1. The largest absolute Gasteiger partial charge is 0.477 e. The number of hydrogen-bond donors (Lipinski definition) is 7. The second-order valence-electron chi connectivity index (χ2n) is 32.8. The molecular formula is C103H95F6N19O18. The van der Waals surface area contributed by atoms with Crippen LogP contribution in [-0.2, 0) is 14.3 Å². The average Bonchev–Trinajstić information content (AvgIpc) is 1.04. The summed E-state index contributed by atoms with van der Waals surface area (Å²) in [7, 11) is 0. The molecule has 0 radical (unpaired) electrons. The first-order valence-corrected chi connectivity index (χ1v) is 44.3. The van der Waals surface area contributed by atoms with Crippen molar-refractivity contribution < 1.29 is 89.9 Å². The van der Waals surface area contributed by atoms with Crippen LogP contribution in [0.1, 0.15) is 167 Å². The number of aromatic amines is 1. The Bertz CT molecular complexity index is 7970. The fraction of sp³-hybridized carbons (Fsp3) is 0.194. The van der Waals surface area contributed by atoms with Crippen molar-refractivity contribution in [2.75, 3.05) is 15.5 Å². The van der Waals surface area contributed by atoms with Crippen molar-refractivity contribution in [3.05, 3.63) is 404 Å². The lowest BCUT2D eigenvalue weighted by molar-refractivity contribution is -0.385. The van der Waals surface area contributed by atoms with Gasteiger partial charge in [-0.3, -0.25) is 72.8 Å². The van der Waals surface area contributed by atoms with Gasteiger partial charge in [0.2, 0.25) is 0 Å². The van der Waals surface area contributed by atoms with E-state index in [1.54, 1.807) is 196 Å². The number of nitro benzene ring substituents is 3. The number of rotatable bonds is 23. The van der Waals surface area contributed by atoms with Crippen LogP contribution in [0.5, 0.6) is 0 Å². The summed E-state index contributed by atoms with van der Waals surface area (Å²) >= 11 is 0. The van der Waals surface area contributed by atoms with Gasteiger partial charge in [0.25, 0.3) is 51.5 Å². The first-order valence-electron chi connectivity index (χ1n) is 46.3. The summed E-state index contributed by atoms with van der Waals surface area (Å²) in [4.78, 5) is 172. The zero-order valence-corrected chi connectivity index (χ0v) is 79.4. The maximum Gasteiger partial charge on any atom is 0.408 e. The van der Waals surface area contributed by atoms with Crippen molar-refractivity contribution in [3.8, 4) is 17.1 Å². The third-order valence-electron chi connectivity index (χ3n) is 20.6. The molecule has 0 fully saturated rings. The fourth-order valence-electron chi connectivity index (χ4n) is 14.1. The van der Waals surface area contributed by atoms with E-state index in [2.05, 4.69) is 56.2 Å². The monoisotopic (exact) mass is 2000 g/mol. The lowest BCUT2D eigenvalue weighted by Gasteiger charge is -2.27. The molecule has 0 saturated heterocycles. The molecule has 4 atom stereocenters. The molecule has 5 heterocycles. The van der Waals surface area contributed by atoms with Crippen LogP contribution < -0.4 is 48.6 Å². The lowest BCUT2D eigenvalue weighted by atomic mass is 10.1. The zero-order valence-electron chi connectivity index (χ0n) is 83.4. The molecule has 16 aromatic rings. The highest BCUT2D eigenvalue weighted by atomic mass is 19.1. The SMILES string of the molecule is O=C(Nc1ccccc1)c1c(F)cccc1[N+](=O)[O-].O=C(O)c1c(F)cccc1[N+](=O)[O-].[2H][C@@](CC)(NC(=O)OC(C)(C)C)C(=O)N(C(=O)c1c(F)cccc1[N+](=O)[O-])c1ccccc1.[2H][C@@](CC)(NC(=O)OC(C)(C)C)c1nc2cccc(F)c2c(=O)n1-c1ccccc1.[2H][C@@](CC)(Nc1ncnc2nc[nH]c12)c1nc2cccc(F)c2c(=O)n1-c1ccccc1.[2H][C@](N)(CC)c1nc2cccc(F)c2c(=O)n1-c1ccccc1. The van der Waals surface area contributed by atoms with E-state index in [9.17, 15) is 101 Å². The molecule has 37 nitrogen and oxygen atoms in total. The van der Waals surface area contributed by atoms with Crippen LogP contribution in [0.2, 0.25) is 0 Å². The summed E-state index contributed by atoms with van der Waals surface area (Å²) in [6.45, 7) is 16.5. The molecule has 5 amide bonds. The molecule has 43 heteroatoms. The second-order valence-corrected chi connectivity index (χ2v) is 32.8. The standard InChI is InChI=1S/C22H18FN7O.C22H24FN3O6.C22H24FN3O3.C17H16FN3O.C13H9FN2O3.C7H4FNO4/c1-2-15(28-20-18-19(25-11-24-18)26-12-27-20)21-29-16-10-6-9-14(23)17(16)22(31)30(21)13-7-4-3-5-8-13;1-5-16(24-21(29)32-22(2,3)4)19(27)25(14-10-7-6-8-11-14)20(28)18-15(23)12-9-13-17(18)26(30)31;1-5-16(25-21(28)29-22(2,3)4)19-24-17-13-9-12-15(23)18(17)20(27)26(19)14-10-7-6-8-11-14;1-2-13(19)16-20-14-10-6-9-12(18)15(14)17(22)21(16)11-7-4-3-5-8-11;14-10-7-4-8-11(16(18)19)12(10)13(17)15-9-5-2-1-3-6-9;8-4-2-1-3-5(9(12)13)6(4)7(10)11/h3-12,15H,2H2,1H3,(H2,24,25,26,27,28);6-13,16H,5H2,1-4H3,(H,24,29);6-13,16H,5H2,1-4H3,(H,25,28);3-10,13H,2,19H2,1H3;1-8H,(H,15,17);1-3H,(H,10,11)/t15-;2*16-;13-;;/m0000../s1/i15D;2*16D;13D;;. The van der Waals surface area contributed by atoms with Crippen LogP contribution in [0.4, 0.5) is 70.2 Å². The molecule has 0 bridgehead atoms. The summed E-state index contributed by atoms with van der Waals surface area (Å²) < 4.78 is 133. The van der Waals surface area contributed by atoms with E-state index in [4.69, 9.17) is 24.4 Å². The van der Waals surface area contributed by atoms with Crippen molar-refractivity contribution in [3.63, 3.8) is 0 Å². The number of carbonyl (C=O) groups excluding carboxylic acids is 5. The van der Waals surface area contributed by atoms with Gasteiger partial charge in [-0.05, 0) is 182 Å². The normalized spacial score (nSPS) is 13.0. The highest BCUT2D eigenvalue weighted by molar-refractivity contribution is 6.24. The number of H-pyrrole nitrogens is 1. The number of nitrogens with one attached hydrogen (secondary N) is 5. The topological polar surface area (TPSA) is 507 Å². The van der Waals surface area contributed by atoms with Crippen molar-refractivity contribution >= 4 is 114 Å². The number of halogens is 6. The molecule has 0 unspecified atom stereocenters. The molecule has 146 heavy (non-hydrogen) atoms. The van der Waals surface area contributed by atoms with Crippen molar-refractivity contribution in [1.29, 1.82) is 0 Å². The Hall–Kier alpha value is -18.5. The molecule has 11 aromatic carbocycles. The van der Waals surface area contributed by atoms with Gasteiger partial charge in [0.15, 0.2) is 28.2 Å². The maximum atomic E-state index is 14.6. The molecule has 0 aliphatic rings. The minimum atomic E-state index is -2.39. The van der Waals surface area contributed by atoms with Crippen LogP contribution in [0.25, 0.3) is 60.9 Å². The number of hydrogen-bond acceptors (Lipinski definition) is 25. The van der Waals surface area contributed by atoms with Crippen molar-refractivity contribution in [1.82, 2.24) is 59.2 Å². The van der Waals surface area contributed by atoms with Gasteiger partial charge in [0.1, 0.15) is 97.6 Å². The first-order chi connectivity index (χ1) is 71.0. The molecule has 8 N–H and O–H groups in total. The third-order valence-corrected chi connectivity index (χ3v) is 20.6. The first kappa shape index (κ1) is 102. The van der Waals surface area contributed by atoms with Crippen LogP contribution in [0, 0.1) is 65.2 Å². The van der Waals surface area contributed by atoms with E-state index in [1.165, 1.54) is 106 Å². The summed E-state index contributed by atoms with van der Waals surface area (Å²) in [5.41, 5.74) is 1.15. The molecule has 0 aliphatic heterocycles. The van der Waals surface area contributed by atoms with E-state index in [1.807, 2.05) is 6.07 Å². The van der Waals surface area contributed by atoms with E-state index < -0.39 is 171 Å². The number of amides is 5. The number of ether oxygens (including phenoxy) is 2. The highest BCUT2D eigenvalue weighted by Crippen LogP contribution is 2.33. The van der Waals surface area contributed by atoms with Crippen LogP contribution in [0.15, 0.2) is 288 Å². The Morgan fingerprint density at radius 3 is 1.23 bits per heavy atom. The molecule has 5 aromatic heterocycles.